The predicted molar refractivity (Wildman–Crippen MR) is 97.5 cm³/mol. The number of halogens is 4. The van der Waals surface area contributed by atoms with Gasteiger partial charge in [0.2, 0.25) is 5.91 Å². The predicted octanol–water partition coefficient (Wildman–Crippen LogP) is 3.63. The summed E-state index contributed by atoms with van der Waals surface area (Å²) in [6.07, 6.45) is -2.61. The molecule has 30 heavy (non-hydrogen) atoms. The molecule has 1 N–H and O–H groups in total. The Kier molecular flexibility index (Phi) is 5.08. The van der Waals surface area contributed by atoms with Crippen molar-refractivity contribution in [3.63, 3.8) is 0 Å². The molecule has 1 aromatic heterocycles. The first kappa shape index (κ1) is 20.1. The number of alkyl halides is 3. The molecule has 0 saturated carbocycles. The van der Waals surface area contributed by atoms with E-state index in [0.29, 0.717) is 42.9 Å². The average Bonchev–Trinajstić information content (AvgIpc) is 3.07. The van der Waals surface area contributed by atoms with Crippen LogP contribution in [0.25, 0.3) is 0 Å². The van der Waals surface area contributed by atoms with Crippen LogP contribution in [0.2, 0.25) is 0 Å². The average molecular weight is 423 g/mol. The van der Waals surface area contributed by atoms with Gasteiger partial charge in [-0.1, -0.05) is 0 Å². The zero-order valence-electron chi connectivity index (χ0n) is 15.6. The number of carbonyl (C=O) groups is 2. The van der Waals surface area contributed by atoms with Crippen molar-refractivity contribution in [2.24, 2.45) is 0 Å². The van der Waals surface area contributed by atoms with Crippen LogP contribution in [0.4, 0.5) is 23.4 Å². The molecule has 1 fully saturated rings. The Bertz CT molecular complexity index is 984. The first-order chi connectivity index (χ1) is 14.2. The minimum absolute atomic E-state index is 0.0842. The number of nitrogens with one attached hydrogen (secondary N) is 1. The molecule has 0 unspecified atom stereocenters. The summed E-state index contributed by atoms with van der Waals surface area (Å²) in [4.78, 5) is 29.8. The highest BCUT2D eigenvalue weighted by molar-refractivity contribution is 5.98. The van der Waals surface area contributed by atoms with Gasteiger partial charge < -0.3 is 15.0 Å². The number of aromatic nitrogens is 1. The lowest BCUT2D eigenvalue weighted by molar-refractivity contribution is -0.274. The number of ether oxygens (including phenoxy) is 1. The lowest BCUT2D eigenvalue weighted by atomic mass is 9.86. The number of amides is 2. The molecule has 0 radical (unpaired) electrons. The largest absolute Gasteiger partial charge is 0.573 e. The van der Waals surface area contributed by atoms with Crippen molar-refractivity contribution in [1.82, 2.24) is 9.88 Å². The van der Waals surface area contributed by atoms with E-state index < -0.39 is 17.9 Å². The molecule has 2 aliphatic rings. The molecule has 2 amide bonds. The van der Waals surface area contributed by atoms with Gasteiger partial charge in [0.25, 0.3) is 5.91 Å². The number of anilines is 1. The van der Waals surface area contributed by atoms with Crippen LogP contribution in [0.1, 0.15) is 40.2 Å². The van der Waals surface area contributed by atoms with Gasteiger partial charge in [0.1, 0.15) is 17.4 Å². The molecule has 0 spiro atoms. The molecule has 158 valence electrons. The summed E-state index contributed by atoms with van der Waals surface area (Å²) in [6, 6.07) is 4.74. The third kappa shape index (κ3) is 4.07. The minimum atomic E-state index is -4.80. The summed E-state index contributed by atoms with van der Waals surface area (Å²) in [5, 5.41) is 2.61. The second-order valence-corrected chi connectivity index (χ2v) is 7.21. The fourth-order valence-corrected chi connectivity index (χ4v) is 3.96. The number of pyridine rings is 1. The van der Waals surface area contributed by atoms with Crippen LogP contribution >= 0.6 is 0 Å². The Balaban J connectivity index is 1.42. The van der Waals surface area contributed by atoms with Crippen molar-refractivity contribution in [1.29, 1.82) is 0 Å². The van der Waals surface area contributed by atoms with E-state index in [1.54, 1.807) is 4.90 Å². The van der Waals surface area contributed by atoms with Gasteiger partial charge in [-0.15, -0.1) is 13.2 Å². The topological polar surface area (TPSA) is 71.5 Å². The van der Waals surface area contributed by atoms with E-state index in [1.807, 2.05) is 0 Å². The molecule has 4 rings (SSSR count). The summed E-state index contributed by atoms with van der Waals surface area (Å²) in [5.74, 6) is -1.17. The second kappa shape index (κ2) is 7.58. The fraction of sp³-hybridized carbons (Fsp3) is 0.350. The van der Waals surface area contributed by atoms with Crippen molar-refractivity contribution in [3.05, 3.63) is 53.0 Å². The van der Waals surface area contributed by atoms with E-state index in [2.05, 4.69) is 15.0 Å². The number of likely N-dealkylation sites (tertiary alicyclic amines) is 1. The Morgan fingerprint density at radius 1 is 1.17 bits per heavy atom. The van der Waals surface area contributed by atoms with E-state index in [0.717, 1.165) is 18.3 Å². The molecular weight excluding hydrogens is 406 g/mol. The molecule has 2 aromatic rings. The number of hydrogen-bond donors (Lipinski definition) is 1. The van der Waals surface area contributed by atoms with Gasteiger partial charge in [-0.25, -0.2) is 9.37 Å². The van der Waals surface area contributed by atoms with Gasteiger partial charge in [-0.3, -0.25) is 9.59 Å². The molecule has 1 saturated heterocycles. The number of rotatable bonds is 3. The van der Waals surface area contributed by atoms with Gasteiger partial charge in [0.05, 0.1) is 12.6 Å². The minimum Gasteiger partial charge on any atom is -0.406 e. The van der Waals surface area contributed by atoms with Crippen LogP contribution in [-0.2, 0) is 11.2 Å². The number of fused-ring (bicyclic) bond motifs is 1. The fourth-order valence-electron chi connectivity index (χ4n) is 3.96. The Hall–Kier alpha value is -3.17. The SMILES string of the molecule is O=C1Cc2c(ncc(F)c2C2CCN(C(=O)c3ccc(OC(F)(F)F)cc3)CC2)N1. The molecule has 3 heterocycles. The van der Waals surface area contributed by atoms with Crippen molar-refractivity contribution in [3.8, 4) is 5.75 Å². The molecular formula is C20H17F4N3O3. The van der Waals surface area contributed by atoms with Crippen LogP contribution in [0.3, 0.4) is 0 Å². The third-order valence-corrected chi connectivity index (χ3v) is 5.30. The molecule has 0 atom stereocenters. The highest BCUT2D eigenvalue weighted by atomic mass is 19.4. The van der Waals surface area contributed by atoms with Crippen LogP contribution in [0.15, 0.2) is 30.5 Å². The van der Waals surface area contributed by atoms with Crippen LogP contribution < -0.4 is 10.1 Å². The maximum Gasteiger partial charge on any atom is 0.573 e. The lowest BCUT2D eigenvalue weighted by Gasteiger charge is -2.33. The van der Waals surface area contributed by atoms with Crippen LogP contribution in [-0.4, -0.2) is 41.2 Å². The highest BCUT2D eigenvalue weighted by Gasteiger charge is 2.33. The highest BCUT2D eigenvalue weighted by Crippen LogP contribution is 2.37. The van der Waals surface area contributed by atoms with Crippen molar-refractivity contribution >= 4 is 17.6 Å². The summed E-state index contributed by atoms with van der Waals surface area (Å²) in [5.41, 5.74) is 1.29. The molecule has 2 aliphatic heterocycles. The molecule has 0 bridgehead atoms. The quantitative estimate of drug-likeness (QED) is 0.766. The standard InChI is InChI=1S/C20H17F4N3O3/c21-15-10-25-18-14(9-16(28)26-18)17(15)11-5-7-27(8-6-11)19(29)12-1-3-13(4-2-12)30-20(22,23)24/h1-4,10-11H,5-9H2,(H,25,26,28). The summed E-state index contributed by atoms with van der Waals surface area (Å²) >= 11 is 0. The zero-order chi connectivity index (χ0) is 21.5. The van der Waals surface area contributed by atoms with E-state index in [-0.39, 0.29) is 29.7 Å². The van der Waals surface area contributed by atoms with Crippen molar-refractivity contribution in [2.45, 2.75) is 31.5 Å². The zero-order valence-corrected chi connectivity index (χ0v) is 15.6. The van der Waals surface area contributed by atoms with E-state index in [4.69, 9.17) is 0 Å². The number of hydrogen-bond acceptors (Lipinski definition) is 4. The first-order valence-corrected chi connectivity index (χ1v) is 9.33. The molecule has 1 aromatic carbocycles. The summed E-state index contributed by atoms with van der Waals surface area (Å²) in [7, 11) is 0. The number of piperidine rings is 1. The summed E-state index contributed by atoms with van der Waals surface area (Å²) in [6.45, 7) is 0.727. The van der Waals surface area contributed by atoms with Gasteiger partial charge >= 0.3 is 6.36 Å². The van der Waals surface area contributed by atoms with Crippen LogP contribution in [0.5, 0.6) is 5.75 Å². The van der Waals surface area contributed by atoms with E-state index in [1.165, 1.54) is 12.1 Å². The van der Waals surface area contributed by atoms with Gasteiger partial charge in [-0.2, -0.15) is 0 Å². The summed E-state index contributed by atoms with van der Waals surface area (Å²) < 4.78 is 55.0. The molecule has 0 aliphatic carbocycles. The second-order valence-electron chi connectivity index (χ2n) is 7.21. The molecule has 6 nitrogen and oxygen atoms in total. The maximum absolute atomic E-state index is 14.5. The Labute approximate surface area is 168 Å². The monoisotopic (exact) mass is 423 g/mol. The van der Waals surface area contributed by atoms with Crippen molar-refractivity contribution < 1.29 is 31.9 Å². The smallest absolute Gasteiger partial charge is 0.406 e. The van der Waals surface area contributed by atoms with Crippen molar-refractivity contribution in [2.75, 3.05) is 18.4 Å². The van der Waals surface area contributed by atoms with Crippen LogP contribution in [0, 0.1) is 5.82 Å². The Morgan fingerprint density at radius 2 is 1.83 bits per heavy atom. The Morgan fingerprint density at radius 3 is 2.47 bits per heavy atom. The van der Waals surface area contributed by atoms with Gasteiger partial charge in [-0.05, 0) is 43.0 Å². The normalized spacial score (nSPS) is 16.9. The number of carbonyl (C=O) groups excluding carboxylic acids is 2. The number of nitrogens with zero attached hydrogens (tertiary/aromatic N) is 2. The number of benzene rings is 1. The third-order valence-electron chi connectivity index (χ3n) is 5.30. The lowest BCUT2D eigenvalue weighted by Crippen LogP contribution is -2.38. The molecule has 10 heteroatoms. The maximum atomic E-state index is 14.5. The van der Waals surface area contributed by atoms with Gasteiger partial charge in [0.15, 0.2) is 0 Å². The van der Waals surface area contributed by atoms with E-state index in [9.17, 15) is 27.2 Å². The van der Waals surface area contributed by atoms with Gasteiger partial charge in [0, 0.05) is 29.8 Å². The first-order valence-electron chi connectivity index (χ1n) is 9.33. The van der Waals surface area contributed by atoms with E-state index >= 15 is 0 Å².